The van der Waals surface area contributed by atoms with Crippen molar-refractivity contribution in [3.63, 3.8) is 0 Å². The van der Waals surface area contributed by atoms with Crippen molar-refractivity contribution in [2.75, 3.05) is 17.7 Å². The summed E-state index contributed by atoms with van der Waals surface area (Å²) in [6, 6.07) is 10.3. The Morgan fingerprint density at radius 3 is 2.80 bits per heavy atom. The number of Topliss-reactive ketones (excluding diaryl/α,β-unsaturated/α-hetero) is 1. The van der Waals surface area contributed by atoms with Gasteiger partial charge in [0.25, 0.3) is 0 Å². The fraction of sp³-hybridized carbons (Fsp3) is 0.167. The maximum Gasteiger partial charge on any atom is 0.338 e. The van der Waals surface area contributed by atoms with Gasteiger partial charge < -0.3 is 10.1 Å². The second-order valence-electron chi connectivity index (χ2n) is 5.34. The van der Waals surface area contributed by atoms with E-state index in [1.54, 1.807) is 12.1 Å². The highest BCUT2D eigenvalue weighted by Gasteiger charge is 2.18. The molecule has 7 heteroatoms. The van der Waals surface area contributed by atoms with E-state index in [0.29, 0.717) is 17.9 Å². The fourth-order valence-electron chi connectivity index (χ4n) is 2.33. The van der Waals surface area contributed by atoms with Crippen molar-refractivity contribution < 1.29 is 23.5 Å². The molecular formula is C18H14FNO4S. The number of ketones is 1. The van der Waals surface area contributed by atoms with E-state index in [-0.39, 0.29) is 17.0 Å². The molecule has 0 spiro atoms. The van der Waals surface area contributed by atoms with Gasteiger partial charge in [0, 0.05) is 17.1 Å². The lowest BCUT2D eigenvalue weighted by molar-refractivity contribution is -0.115. The summed E-state index contributed by atoms with van der Waals surface area (Å²) in [5.74, 6) is -1.44. The molecule has 0 saturated heterocycles. The third-order valence-electron chi connectivity index (χ3n) is 3.58. The van der Waals surface area contributed by atoms with Gasteiger partial charge in [-0.1, -0.05) is 12.1 Å². The number of thioether (sulfide) groups is 1. The predicted octanol–water partition coefficient (Wildman–Crippen LogP) is 3.30. The first kappa shape index (κ1) is 17.2. The molecule has 0 bridgehead atoms. The molecule has 2 aromatic carbocycles. The highest BCUT2D eigenvalue weighted by molar-refractivity contribution is 7.99. The van der Waals surface area contributed by atoms with Crippen molar-refractivity contribution in [3.05, 3.63) is 59.4 Å². The van der Waals surface area contributed by atoms with Gasteiger partial charge >= 0.3 is 5.97 Å². The van der Waals surface area contributed by atoms with Gasteiger partial charge in [-0.25, -0.2) is 9.18 Å². The maximum absolute atomic E-state index is 13.5. The third kappa shape index (κ3) is 4.06. The van der Waals surface area contributed by atoms with E-state index in [2.05, 4.69) is 5.32 Å². The Morgan fingerprint density at radius 2 is 2.00 bits per heavy atom. The molecule has 0 radical (unpaired) electrons. The fourth-order valence-corrected chi connectivity index (χ4v) is 3.26. The first-order valence-corrected chi connectivity index (χ1v) is 8.55. The quantitative estimate of drug-likeness (QED) is 0.670. The SMILES string of the molecule is O=C1CCSc2ccc(C(=O)OCC(=O)c3ccccc3F)cc2N1. The van der Waals surface area contributed by atoms with Crippen LogP contribution in [0.5, 0.6) is 0 Å². The Labute approximate surface area is 147 Å². The zero-order chi connectivity index (χ0) is 17.8. The number of amides is 1. The molecule has 0 saturated carbocycles. The Hall–Kier alpha value is -2.67. The number of rotatable bonds is 4. The van der Waals surface area contributed by atoms with Crippen LogP contribution < -0.4 is 5.32 Å². The summed E-state index contributed by atoms with van der Waals surface area (Å²) in [4.78, 5) is 36.6. The summed E-state index contributed by atoms with van der Waals surface area (Å²) < 4.78 is 18.5. The number of fused-ring (bicyclic) bond motifs is 1. The van der Waals surface area contributed by atoms with Crippen molar-refractivity contribution in [3.8, 4) is 0 Å². The molecule has 2 aromatic rings. The zero-order valence-corrected chi connectivity index (χ0v) is 13.9. The van der Waals surface area contributed by atoms with Crippen molar-refractivity contribution in [2.24, 2.45) is 0 Å². The maximum atomic E-state index is 13.5. The van der Waals surface area contributed by atoms with Crippen LogP contribution in [0.3, 0.4) is 0 Å². The lowest BCUT2D eigenvalue weighted by Gasteiger charge is -2.09. The molecule has 1 amide bonds. The van der Waals surface area contributed by atoms with Crippen LogP contribution in [0.25, 0.3) is 0 Å². The molecule has 1 aliphatic rings. The van der Waals surface area contributed by atoms with Crippen molar-refractivity contribution in [1.29, 1.82) is 0 Å². The normalized spacial score (nSPS) is 13.4. The predicted molar refractivity (Wildman–Crippen MR) is 91.4 cm³/mol. The molecule has 25 heavy (non-hydrogen) atoms. The lowest BCUT2D eigenvalue weighted by Crippen LogP contribution is -2.16. The second kappa shape index (κ2) is 7.48. The molecule has 1 N–H and O–H groups in total. The molecule has 0 unspecified atom stereocenters. The summed E-state index contributed by atoms with van der Waals surface area (Å²) in [7, 11) is 0. The minimum absolute atomic E-state index is 0.119. The van der Waals surface area contributed by atoms with Gasteiger partial charge in [0.15, 0.2) is 6.61 Å². The Bertz CT molecular complexity index is 853. The average Bonchev–Trinajstić information content (AvgIpc) is 2.79. The van der Waals surface area contributed by atoms with Crippen LogP contribution in [0.2, 0.25) is 0 Å². The second-order valence-corrected chi connectivity index (χ2v) is 6.47. The first-order valence-electron chi connectivity index (χ1n) is 7.56. The lowest BCUT2D eigenvalue weighted by atomic mass is 10.1. The summed E-state index contributed by atoms with van der Waals surface area (Å²) in [6.07, 6.45) is 0.399. The number of carbonyl (C=O) groups is 3. The average molecular weight is 359 g/mol. The van der Waals surface area contributed by atoms with Crippen LogP contribution in [0, 0.1) is 5.82 Å². The van der Waals surface area contributed by atoms with E-state index in [0.717, 1.165) is 4.90 Å². The summed E-state index contributed by atoms with van der Waals surface area (Å²) >= 11 is 1.52. The monoisotopic (exact) mass is 359 g/mol. The summed E-state index contributed by atoms with van der Waals surface area (Å²) in [5.41, 5.74) is 0.631. The highest BCUT2D eigenvalue weighted by Crippen LogP contribution is 2.31. The van der Waals surface area contributed by atoms with Gasteiger partial charge in [-0.3, -0.25) is 9.59 Å². The van der Waals surface area contributed by atoms with Gasteiger partial charge in [-0.15, -0.1) is 11.8 Å². The van der Waals surface area contributed by atoms with Crippen molar-refractivity contribution >= 4 is 35.1 Å². The molecule has 0 aromatic heterocycles. The van der Waals surface area contributed by atoms with Gasteiger partial charge in [0.1, 0.15) is 5.82 Å². The minimum Gasteiger partial charge on any atom is -0.454 e. The number of hydrogen-bond donors (Lipinski definition) is 1. The largest absolute Gasteiger partial charge is 0.454 e. The van der Waals surface area contributed by atoms with Crippen molar-refractivity contribution in [2.45, 2.75) is 11.3 Å². The molecule has 3 rings (SSSR count). The van der Waals surface area contributed by atoms with Crippen LogP contribution in [0.4, 0.5) is 10.1 Å². The standard InChI is InChI=1S/C18H14FNO4S/c19-13-4-2-1-3-12(13)15(21)10-24-18(23)11-5-6-16-14(9-11)20-17(22)7-8-25-16/h1-6,9H,7-8,10H2,(H,20,22). The van der Waals surface area contributed by atoms with Crippen LogP contribution in [0.15, 0.2) is 47.4 Å². The number of hydrogen-bond acceptors (Lipinski definition) is 5. The first-order chi connectivity index (χ1) is 12.0. The van der Waals surface area contributed by atoms with Gasteiger partial charge in [-0.05, 0) is 30.3 Å². The summed E-state index contributed by atoms with van der Waals surface area (Å²) in [5, 5.41) is 2.73. The number of halogens is 1. The van der Waals surface area contributed by atoms with E-state index in [1.165, 1.54) is 42.1 Å². The molecule has 5 nitrogen and oxygen atoms in total. The minimum atomic E-state index is -0.712. The molecule has 128 valence electrons. The molecule has 0 atom stereocenters. The number of anilines is 1. The Balaban J connectivity index is 1.69. The van der Waals surface area contributed by atoms with Crippen molar-refractivity contribution in [1.82, 2.24) is 0 Å². The van der Waals surface area contributed by atoms with Crippen LogP contribution >= 0.6 is 11.8 Å². The number of esters is 1. The Morgan fingerprint density at radius 1 is 1.20 bits per heavy atom. The van der Waals surface area contributed by atoms with E-state index < -0.39 is 24.2 Å². The van der Waals surface area contributed by atoms with Gasteiger partial charge in [0.2, 0.25) is 11.7 Å². The van der Waals surface area contributed by atoms with Crippen LogP contribution in [-0.2, 0) is 9.53 Å². The highest BCUT2D eigenvalue weighted by atomic mass is 32.2. The molecule has 1 aliphatic heterocycles. The Kier molecular flexibility index (Phi) is 5.14. The topological polar surface area (TPSA) is 72.5 Å². The molecule has 1 heterocycles. The molecular weight excluding hydrogens is 345 g/mol. The van der Waals surface area contributed by atoms with E-state index in [4.69, 9.17) is 4.74 Å². The molecule has 0 fully saturated rings. The zero-order valence-electron chi connectivity index (χ0n) is 13.1. The summed E-state index contributed by atoms with van der Waals surface area (Å²) in [6.45, 7) is -0.558. The number of ether oxygens (including phenoxy) is 1. The molecule has 0 aliphatic carbocycles. The van der Waals surface area contributed by atoms with E-state index in [9.17, 15) is 18.8 Å². The van der Waals surface area contributed by atoms with Crippen LogP contribution in [0.1, 0.15) is 27.1 Å². The van der Waals surface area contributed by atoms with Crippen LogP contribution in [-0.4, -0.2) is 30.0 Å². The van der Waals surface area contributed by atoms with Gasteiger partial charge in [0.05, 0.1) is 16.8 Å². The number of nitrogens with one attached hydrogen (secondary N) is 1. The smallest absolute Gasteiger partial charge is 0.338 e. The van der Waals surface area contributed by atoms with E-state index >= 15 is 0 Å². The number of benzene rings is 2. The number of carbonyl (C=O) groups excluding carboxylic acids is 3. The van der Waals surface area contributed by atoms with E-state index in [1.807, 2.05) is 0 Å². The van der Waals surface area contributed by atoms with Gasteiger partial charge in [-0.2, -0.15) is 0 Å². The third-order valence-corrected chi connectivity index (χ3v) is 4.66.